The van der Waals surface area contributed by atoms with Crippen LogP contribution >= 0.6 is 0 Å². The summed E-state index contributed by atoms with van der Waals surface area (Å²) >= 11 is 0. The molecule has 0 fully saturated rings. The van der Waals surface area contributed by atoms with E-state index in [1.165, 1.54) is 0 Å². The molecule has 0 saturated heterocycles. The Kier molecular flexibility index (Phi) is 6.85. The molecule has 0 heterocycles. The van der Waals surface area contributed by atoms with Crippen LogP contribution in [0.4, 0.5) is 13.2 Å². The van der Waals surface area contributed by atoms with E-state index < -0.39 is 12.6 Å². The molecule has 1 unspecified atom stereocenters. The van der Waals surface area contributed by atoms with Crippen LogP contribution in [-0.4, -0.2) is 23.9 Å². The highest BCUT2D eigenvalue weighted by atomic mass is 19.4. The predicted molar refractivity (Wildman–Crippen MR) is 73.8 cm³/mol. The molecule has 0 saturated carbocycles. The van der Waals surface area contributed by atoms with Crippen LogP contribution in [-0.2, 0) is 6.42 Å². The summed E-state index contributed by atoms with van der Waals surface area (Å²) in [6.45, 7) is 2.65. The number of rotatable bonds is 8. The van der Waals surface area contributed by atoms with Gasteiger partial charge >= 0.3 is 6.18 Å². The van der Waals surface area contributed by atoms with Crippen molar-refractivity contribution in [3.63, 3.8) is 0 Å². The predicted octanol–water partition coefficient (Wildman–Crippen LogP) is 4.04. The Morgan fingerprint density at radius 1 is 1.15 bits per heavy atom. The summed E-state index contributed by atoms with van der Waals surface area (Å²) in [6, 6.07) is 7.35. The van der Waals surface area contributed by atoms with Crippen molar-refractivity contribution in [3.8, 4) is 5.75 Å². The van der Waals surface area contributed by atoms with Crippen LogP contribution in [0.3, 0.4) is 0 Å². The Hall–Kier alpha value is -1.23. The number of unbranched alkanes of at least 4 members (excludes halogenated alkanes) is 1. The highest BCUT2D eigenvalue weighted by Gasteiger charge is 2.25. The molecule has 0 bridgehead atoms. The third-order valence-corrected chi connectivity index (χ3v) is 3.18. The van der Waals surface area contributed by atoms with Crippen LogP contribution in [0.15, 0.2) is 24.3 Å². The van der Waals surface area contributed by atoms with Crippen LogP contribution in [0.5, 0.6) is 5.75 Å². The first kappa shape index (κ1) is 16.8. The molecule has 0 aliphatic rings. The standard InChI is InChI=1S/C15H22F3NO/c1-12(19-11-3-2-10-15(16,17)18)4-5-13-6-8-14(20)9-7-13/h6-9,12,19-20H,2-5,10-11H2,1H3. The Morgan fingerprint density at radius 3 is 2.40 bits per heavy atom. The van der Waals surface area contributed by atoms with Gasteiger partial charge in [-0.3, -0.25) is 0 Å². The number of hydrogen-bond acceptors (Lipinski definition) is 2. The molecule has 1 rings (SSSR count). The van der Waals surface area contributed by atoms with Crippen LogP contribution in [0, 0.1) is 0 Å². The third kappa shape index (κ3) is 8.04. The number of hydrogen-bond donors (Lipinski definition) is 2. The van der Waals surface area contributed by atoms with Gasteiger partial charge in [-0.1, -0.05) is 12.1 Å². The first-order chi connectivity index (χ1) is 9.37. The first-order valence-electron chi connectivity index (χ1n) is 6.95. The topological polar surface area (TPSA) is 32.3 Å². The minimum atomic E-state index is -4.04. The number of benzene rings is 1. The second kappa shape index (κ2) is 8.15. The summed E-state index contributed by atoms with van der Waals surface area (Å²) in [5.74, 6) is 0.254. The zero-order valence-corrected chi connectivity index (χ0v) is 11.7. The van der Waals surface area contributed by atoms with Gasteiger partial charge in [-0.05, 0) is 56.8 Å². The fraction of sp³-hybridized carbons (Fsp3) is 0.600. The van der Waals surface area contributed by atoms with E-state index in [1.54, 1.807) is 12.1 Å². The van der Waals surface area contributed by atoms with Gasteiger partial charge in [0.2, 0.25) is 0 Å². The number of alkyl halides is 3. The molecule has 5 heteroatoms. The SMILES string of the molecule is CC(CCc1ccc(O)cc1)NCCCCC(F)(F)F. The van der Waals surface area contributed by atoms with Crippen molar-refractivity contribution in [3.05, 3.63) is 29.8 Å². The zero-order chi connectivity index (χ0) is 15.0. The van der Waals surface area contributed by atoms with E-state index in [1.807, 2.05) is 19.1 Å². The molecule has 0 aliphatic heterocycles. The van der Waals surface area contributed by atoms with Crippen molar-refractivity contribution in [1.82, 2.24) is 5.32 Å². The fourth-order valence-electron chi connectivity index (χ4n) is 1.95. The highest BCUT2D eigenvalue weighted by molar-refractivity contribution is 5.25. The molecule has 1 aromatic rings. The van der Waals surface area contributed by atoms with E-state index >= 15 is 0 Å². The van der Waals surface area contributed by atoms with E-state index in [-0.39, 0.29) is 18.2 Å². The molecule has 1 atom stereocenters. The molecule has 2 nitrogen and oxygen atoms in total. The van der Waals surface area contributed by atoms with E-state index in [2.05, 4.69) is 5.32 Å². The van der Waals surface area contributed by atoms with Crippen molar-refractivity contribution in [1.29, 1.82) is 0 Å². The van der Waals surface area contributed by atoms with Crippen molar-refractivity contribution in [2.24, 2.45) is 0 Å². The minimum absolute atomic E-state index is 0.182. The van der Waals surface area contributed by atoms with Gasteiger partial charge in [0.1, 0.15) is 5.75 Å². The molecule has 20 heavy (non-hydrogen) atoms. The van der Waals surface area contributed by atoms with Gasteiger partial charge in [0, 0.05) is 12.5 Å². The van der Waals surface area contributed by atoms with E-state index in [0.29, 0.717) is 13.0 Å². The molecule has 114 valence electrons. The Balaban J connectivity index is 2.08. The number of aromatic hydroxyl groups is 1. The summed E-state index contributed by atoms with van der Waals surface area (Å²) in [5.41, 5.74) is 1.15. The third-order valence-electron chi connectivity index (χ3n) is 3.18. The molecular weight excluding hydrogens is 267 g/mol. The molecular formula is C15H22F3NO. The Bertz CT molecular complexity index is 376. The highest BCUT2D eigenvalue weighted by Crippen LogP contribution is 2.21. The summed E-state index contributed by atoms with van der Waals surface area (Å²) in [7, 11) is 0. The summed E-state index contributed by atoms with van der Waals surface area (Å²) in [6.07, 6.45) is -2.20. The Morgan fingerprint density at radius 2 is 1.80 bits per heavy atom. The van der Waals surface area contributed by atoms with Gasteiger partial charge in [0.25, 0.3) is 0 Å². The maximum Gasteiger partial charge on any atom is 0.389 e. The van der Waals surface area contributed by atoms with Gasteiger partial charge in [-0.15, -0.1) is 0 Å². The van der Waals surface area contributed by atoms with Crippen LogP contribution in [0.25, 0.3) is 0 Å². The number of phenolic OH excluding ortho intramolecular Hbond substituents is 1. The molecule has 0 aliphatic carbocycles. The lowest BCUT2D eigenvalue weighted by Gasteiger charge is -2.14. The van der Waals surface area contributed by atoms with Crippen molar-refractivity contribution >= 4 is 0 Å². The summed E-state index contributed by atoms with van der Waals surface area (Å²) < 4.78 is 35.8. The molecule has 0 spiro atoms. The maximum absolute atomic E-state index is 11.9. The quantitative estimate of drug-likeness (QED) is 0.708. The van der Waals surface area contributed by atoms with Gasteiger partial charge in [-0.2, -0.15) is 13.2 Å². The van der Waals surface area contributed by atoms with Crippen LogP contribution in [0.2, 0.25) is 0 Å². The van der Waals surface area contributed by atoms with Crippen molar-refractivity contribution in [2.75, 3.05) is 6.54 Å². The number of nitrogens with one attached hydrogen (secondary N) is 1. The summed E-state index contributed by atoms with van der Waals surface area (Å²) in [4.78, 5) is 0. The van der Waals surface area contributed by atoms with Crippen molar-refractivity contribution in [2.45, 2.75) is 51.2 Å². The molecule has 0 aromatic heterocycles. The lowest BCUT2D eigenvalue weighted by molar-refractivity contribution is -0.135. The second-order valence-electron chi connectivity index (χ2n) is 5.13. The molecule has 2 N–H and O–H groups in total. The second-order valence-corrected chi connectivity index (χ2v) is 5.13. The molecule has 1 aromatic carbocycles. The zero-order valence-electron chi connectivity index (χ0n) is 11.7. The van der Waals surface area contributed by atoms with E-state index in [4.69, 9.17) is 5.11 Å². The smallest absolute Gasteiger partial charge is 0.389 e. The lowest BCUT2D eigenvalue weighted by Crippen LogP contribution is -2.27. The number of phenols is 1. The fourth-order valence-corrected chi connectivity index (χ4v) is 1.95. The maximum atomic E-state index is 11.9. The lowest BCUT2D eigenvalue weighted by atomic mass is 10.1. The largest absolute Gasteiger partial charge is 0.508 e. The monoisotopic (exact) mass is 289 g/mol. The van der Waals surface area contributed by atoms with E-state index in [0.717, 1.165) is 18.4 Å². The first-order valence-corrected chi connectivity index (χ1v) is 6.95. The molecule has 0 radical (unpaired) electrons. The van der Waals surface area contributed by atoms with Gasteiger partial charge in [0.15, 0.2) is 0 Å². The Labute approximate surface area is 118 Å². The van der Waals surface area contributed by atoms with Crippen LogP contribution in [0.1, 0.15) is 38.2 Å². The molecule has 0 amide bonds. The van der Waals surface area contributed by atoms with Crippen LogP contribution < -0.4 is 5.32 Å². The average Bonchev–Trinajstić information content (AvgIpc) is 2.36. The summed E-state index contributed by atoms with van der Waals surface area (Å²) in [5, 5.41) is 12.4. The van der Waals surface area contributed by atoms with E-state index in [9.17, 15) is 13.2 Å². The normalized spacial score (nSPS) is 13.4. The average molecular weight is 289 g/mol. The minimum Gasteiger partial charge on any atom is -0.508 e. The number of aryl methyl sites for hydroxylation is 1. The van der Waals surface area contributed by atoms with Gasteiger partial charge < -0.3 is 10.4 Å². The number of halogens is 3. The van der Waals surface area contributed by atoms with Gasteiger partial charge in [0.05, 0.1) is 0 Å². The van der Waals surface area contributed by atoms with Gasteiger partial charge in [-0.25, -0.2) is 0 Å². The van der Waals surface area contributed by atoms with Crippen molar-refractivity contribution < 1.29 is 18.3 Å².